The number of hydrogen-bond donors (Lipinski definition) is 2. The Balaban J connectivity index is 2.02. The smallest absolute Gasteiger partial charge is 0.232 e. The van der Waals surface area contributed by atoms with Crippen molar-refractivity contribution < 1.29 is 8.42 Å². The molecule has 2 N–H and O–H groups in total. The average Bonchev–Trinajstić information content (AvgIpc) is 2.40. The SMILES string of the molecule is CCS(=O)(=O)Nc1cccc(CN2CCNCC2)c1. The lowest BCUT2D eigenvalue weighted by molar-refractivity contribution is 0.233. The zero-order chi connectivity index (χ0) is 13.7. The third-order valence-electron chi connectivity index (χ3n) is 3.20. The predicted molar refractivity (Wildman–Crippen MR) is 77.7 cm³/mol. The molecule has 0 saturated carbocycles. The number of sulfonamides is 1. The second kappa shape index (κ2) is 6.36. The van der Waals surface area contributed by atoms with Gasteiger partial charge in [0, 0.05) is 38.4 Å². The Kier molecular flexibility index (Phi) is 4.79. The summed E-state index contributed by atoms with van der Waals surface area (Å²) in [5.74, 6) is 0.0923. The predicted octanol–water partition coefficient (Wildman–Crippen LogP) is 0.853. The molecule has 0 aliphatic carbocycles. The number of nitrogens with one attached hydrogen (secondary N) is 2. The molecule has 0 unspecified atom stereocenters. The van der Waals surface area contributed by atoms with E-state index in [0.717, 1.165) is 38.3 Å². The van der Waals surface area contributed by atoms with Gasteiger partial charge in [0.15, 0.2) is 0 Å². The van der Waals surface area contributed by atoms with Crippen LogP contribution in [0.1, 0.15) is 12.5 Å². The van der Waals surface area contributed by atoms with E-state index >= 15 is 0 Å². The molecule has 1 heterocycles. The largest absolute Gasteiger partial charge is 0.314 e. The molecule has 1 saturated heterocycles. The van der Waals surface area contributed by atoms with Crippen LogP contribution in [-0.2, 0) is 16.6 Å². The van der Waals surface area contributed by atoms with Crippen LogP contribution in [0.4, 0.5) is 5.69 Å². The fourth-order valence-electron chi connectivity index (χ4n) is 2.11. The quantitative estimate of drug-likeness (QED) is 0.841. The van der Waals surface area contributed by atoms with E-state index in [9.17, 15) is 8.42 Å². The summed E-state index contributed by atoms with van der Waals surface area (Å²) in [6, 6.07) is 7.63. The van der Waals surface area contributed by atoms with Crippen LogP contribution in [-0.4, -0.2) is 45.2 Å². The third kappa shape index (κ3) is 4.49. The lowest BCUT2D eigenvalue weighted by Gasteiger charge is -2.27. The van der Waals surface area contributed by atoms with Crippen LogP contribution in [0.25, 0.3) is 0 Å². The first-order chi connectivity index (χ1) is 9.09. The highest BCUT2D eigenvalue weighted by Crippen LogP contribution is 2.14. The Morgan fingerprint density at radius 1 is 1.32 bits per heavy atom. The number of hydrogen-bond acceptors (Lipinski definition) is 4. The number of benzene rings is 1. The second-order valence-corrected chi connectivity index (χ2v) is 6.74. The molecule has 2 rings (SSSR count). The van der Waals surface area contributed by atoms with Gasteiger partial charge in [-0.2, -0.15) is 0 Å². The van der Waals surface area contributed by atoms with Gasteiger partial charge >= 0.3 is 0 Å². The van der Waals surface area contributed by atoms with E-state index in [4.69, 9.17) is 0 Å². The maximum absolute atomic E-state index is 11.5. The van der Waals surface area contributed by atoms with E-state index in [1.165, 1.54) is 0 Å². The van der Waals surface area contributed by atoms with E-state index in [1.54, 1.807) is 13.0 Å². The summed E-state index contributed by atoms with van der Waals surface area (Å²) < 4.78 is 25.7. The minimum absolute atomic E-state index is 0.0923. The summed E-state index contributed by atoms with van der Waals surface area (Å²) in [4.78, 5) is 2.37. The highest BCUT2D eigenvalue weighted by atomic mass is 32.2. The van der Waals surface area contributed by atoms with Gasteiger partial charge in [0.1, 0.15) is 0 Å². The van der Waals surface area contributed by atoms with Crippen molar-refractivity contribution in [2.24, 2.45) is 0 Å². The highest BCUT2D eigenvalue weighted by Gasteiger charge is 2.11. The van der Waals surface area contributed by atoms with Crippen LogP contribution in [0.2, 0.25) is 0 Å². The molecule has 6 heteroatoms. The fraction of sp³-hybridized carbons (Fsp3) is 0.538. The molecule has 0 atom stereocenters. The van der Waals surface area contributed by atoms with Gasteiger partial charge in [-0.25, -0.2) is 8.42 Å². The zero-order valence-electron chi connectivity index (χ0n) is 11.2. The maximum atomic E-state index is 11.5. The molecule has 5 nitrogen and oxygen atoms in total. The van der Waals surface area contributed by atoms with Crippen molar-refractivity contribution in [3.05, 3.63) is 29.8 Å². The van der Waals surface area contributed by atoms with Crippen molar-refractivity contribution in [3.63, 3.8) is 0 Å². The number of rotatable bonds is 5. The van der Waals surface area contributed by atoms with Gasteiger partial charge in [-0.05, 0) is 24.6 Å². The van der Waals surface area contributed by atoms with Gasteiger partial charge in [-0.1, -0.05) is 12.1 Å². The van der Waals surface area contributed by atoms with Crippen LogP contribution in [0.3, 0.4) is 0 Å². The monoisotopic (exact) mass is 283 g/mol. The molecule has 1 fully saturated rings. The van der Waals surface area contributed by atoms with E-state index < -0.39 is 10.0 Å². The molecular formula is C13H21N3O2S. The lowest BCUT2D eigenvalue weighted by Crippen LogP contribution is -2.42. The van der Waals surface area contributed by atoms with Crippen molar-refractivity contribution in [1.29, 1.82) is 0 Å². The summed E-state index contributed by atoms with van der Waals surface area (Å²) in [6.45, 7) is 6.59. The van der Waals surface area contributed by atoms with Crippen LogP contribution in [0, 0.1) is 0 Å². The number of piperazine rings is 1. The molecule has 1 aliphatic rings. The highest BCUT2D eigenvalue weighted by molar-refractivity contribution is 7.92. The van der Waals surface area contributed by atoms with Gasteiger partial charge in [0.05, 0.1) is 5.75 Å². The molecule has 0 amide bonds. The lowest BCUT2D eigenvalue weighted by atomic mass is 10.2. The van der Waals surface area contributed by atoms with Crippen molar-refractivity contribution in [1.82, 2.24) is 10.2 Å². The topological polar surface area (TPSA) is 61.4 Å². The van der Waals surface area contributed by atoms with Gasteiger partial charge in [0.25, 0.3) is 0 Å². The molecule has 1 aliphatic heterocycles. The van der Waals surface area contributed by atoms with Crippen LogP contribution < -0.4 is 10.0 Å². The molecule has 0 spiro atoms. The normalized spacial score (nSPS) is 17.3. The summed E-state index contributed by atoms with van der Waals surface area (Å²) in [6.07, 6.45) is 0. The number of anilines is 1. The third-order valence-corrected chi connectivity index (χ3v) is 4.50. The first kappa shape index (κ1) is 14.3. The van der Waals surface area contributed by atoms with Gasteiger partial charge in [-0.3, -0.25) is 9.62 Å². The van der Waals surface area contributed by atoms with Crippen molar-refractivity contribution in [2.75, 3.05) is 36.7 Å². The minimum atomic E-state index is -3.20. The summed E-state index contributed by atoms with van der Waals surface area (Å²) in [7, 11) is -3.20. The summed E-state index contributed by atoms with van der Waals surface area (Å²) in [5.41, 5.74) is 1.78. The zero-order valence-corrected chi connectivity index (χ0v) is 12.0. The molecular weight excluding hydrogens is 262 g/mol. The average molecular weight is 283 g/mol. The molecule has 0 radical (unpaired) electrons. The Morgan fingerprint density at radius 2 is 2.05 bits per heavy atom. The Bertz CT molecular complexity index is 510. The Labute approximate surface area is 115 Å². The Hall–Kier alpha value is -1.11. The van der Waals surface area contributed by atoms with Gasteiger partial charge in [-0.15, -0.1) is 0 Å². The number of nitrogens with zero attached hydrogens (tertiary/aromatic N) is 1. The molecule has 1 aromatic carbocycles. The standard InChI is InChI=1S/C13H21N3O2S/c1-2-19(17,18)15-13-5-3-4-12(10-13)11-16-8-6-14-7-9-16/h3-5,10,14-15H,2,6-9,11H2,1H3. The Morgan fingerprint density at radius 3 is 2.74 bits per heavy atom. The molecule has 0 bridgehead atoms. The van der Waals surface area contributed by atoms with E-state index in [2.05, 4.69) is 14.9 Å². The van der Waals surface area contributed by atoms with Gasteiger partial charge < -0.3 is 5.32 Å². The first-order valence-electron chi connectivity index (χ1n) is 6.61. The summed E-state index contributed by atoms with van der Waals surface area (Å²) in [5, 5.41) is 3.32. The maximum Gasteiger partial charge on any atom is 0.232 e. The molecule has 0 aromatic heterocycles. The van der Waals surface area contributed by atoms with Crippen LogP contribution in [0.5, 0.6) is 0 Å². The van der Waals surface area contributed by atoms with Crippen molar-refractivity contribution in [2.45, 2.75) is 13.5 Å². The molecule has 106 valence electrons. The van der Waals surface area contributed by atoms with Crippen molar-refractivity contribution in [3.8, 4) is 0 Å². The summed E-state index contributed by atoms with van der Waals surface area (Å²) >= 11 is 0. The molecule has 1 aromatic rings. The van der Waals surface area contributed by atoms with E-state index in [1.807, 2.05) is 18.2 Å². The minimum Gasteiger partial charge on any atom is -0.314 e. The van der Waals surface area contributed by atoms with Gasteiger partial charge in [0.2, 0.25) is 10.0 Å². The molecule has 19 heavy (non-hydrogen) atoms. The first-order valence-corrected chi connectivity index (χ1v) is 8.27. The second-order valence-electron chi connectivity index (χ2n) is 4.73. The van der Waals surface area contributed by atoms with Crippen LogP contribution in [0.15, 0.2) is 24.3 Å². The fourth-order valence-corrected chi connectivity index (χ4v) is 2.74. The van der Waals surface area contributed by atoms with Crippen LogP contribution >= 0.6 is 0 Å². The van der Waals surface area contributed by atoms with E-state index in [0.29, 0.717) is 5.69 Å². The van der Waals surface area contributed by atoms with E-state index in [-0.39, 0.29) is 5.75 Å². The van der Waals surface area contributed by atoms with Crippen molar-refractivity contribution >= 4 is 15.7 Å².